The number of amides is 1. The molecule has 7 nitrogen and oxygen atoms in total. The number of carbonyl (C=O) groups is 1. The van der Waals surface area contributed by atoms with Crippen LogP contribution >= 0.6 is 0 Å². The first kappa shape index (κ1) is 21.3. The van der Waals surface area contributed by atoms with Crippen molar-refractivity contribution in [2.75, 3.05) is 26.6 Å². The predicted molar refractivity (Wildman–Crippen MR) is 131 cm³/mol. The third-order valence-corrected chi connectivity index (χ3v) is 5.57. The lowest BCUT2D eigenvalue weighted by Crippen LogP contribution is -2.12. The van der Waals surface area contributed by atoms with E-state index in [0.717, 1.165) is 16.3 Å². The van der Waals surface area contributed by atoms with E-state index in [4.69, 9.17) is 18.6 Å². The molecule has 0 spiro atoms. The maximum Gasteiger partial charge on any atom is 0.255 e. The Morgan fingerprint density at radius 1 is 0.824 bits per heavy atom. The monoisotopic (exact) mass is 454 g/mol. The van der Waals surface area contributed by atoms with Gasteiger partial charge in [0, 0.05) is 16.8 Å². The molecule has 1 heterocycles. The average Bonchev–Trinajstić information content (AvgIpc) is 3.31. The fraction of sp³-hybridized carbons (Fsp3) is 0.111. The zero-order valence-electron chi connectivity index (χ0n) is 18.9. The van der Waals surface area contributed by atoms with Gasteiger partial charge in [-0.2, -0.15) is 0 Å². The Hall–Kier alpha value is -4.52. The summed E-state index contributed by atoms with van der Waals surface area (Å²) in [6.07, 6.45) is 0. The smallest absolute Gasteiger partial charge is 0.255 e. The molecule has 0 aliphatic heterocycles. The van der Waals surface area contributed by atoms with E-state index in [2.05, 4.69) is 22.4 Å². The zero-order chi connectivity index (χ0) is 23.7. The lowest BCUT2D eigenvalue weighted by molar-refractivity contribution is 0.102. The molecule has 1 aromatic heterocycles. The minimum atomic E-state index is -0.322. The van der Waals surface area contributed by atoms with Gasteiger partial charge in [-0.3, -0.25) is 4.79 Å². The normalized spacial score (nSPS) is 10.9. The molecular formula is C27H22N2O5. The average molecular weight is 454 g/mol. The number of aromatic nitrogens is 1. The van der Waals surface area contributed by atoms with E-state index >= 15 is 0 Å². The summed E-state index contributed by atoms with van der Waals surface area (Å²) >= 11 is 0. The number of hydrogen-bond donors (Lipinski definition) is 1. The standard InChI is InChI=1S/C27H22N2O5/c1-31-23-13-19(14-24(32-2)25(23)33-3)26(30)28-20-10-11-22-21(15-20)29-27(34-22)18-9-8-16-6-4-5-7-17(16)12-18/h4-15H,1-3H3,(H,28,30). The van der Waals surface area contributed by atoms with Crippen LogP contribution in [0.5, 0.6) is 17.2 Å². The summed E-state index contributed by atoms with van der Waals surface area (Å²) in [5, 5.41) is 5.15. The van der Waals surface area contributed by atoms with E-state index in [9.17, 15) is 4.79 Å². The number of anilines is 1. The van der Waals surface area contributed by atoms with Crippen LogP contribution in [0.4, 0.5) is 5.69 Å². The Labute approximate surface area is 195 Å². The number of carbonyl (C=O) groups excluding carboxylic acids is 1. The van der Waals surface area contributed by atoms with Gasteiger partial charge in [-0.1, -0.05) is 30.3 Å². The number of rotatable bonds is 6. The first-order chi connectivity index (χ1) is 16.6. The maximum absolute atomic E-state index is 12.9. The number of fused-ring (bicyclic) bond motifs is 2. The summed E-state index contributed by atoms with van der Waals surface area (Å²) in [5.41, 5.74) is 3.12. The number of methoxy groups -OCH3 is 3. The third-order valence-electron chi connectivity index (χ3n) is 5.57. The van der Waals surface area contributed by atoms with Gasteiger partial charge in [0.25, 0.3) is 5.91 Å². The molecule has 0 radical (unpaired) electrons. The molecule has 0 saturated heterocycles. The lowest BCUT2D eigenvalue weighted by atomic mass is 10.1. The molecule has 5 aromatic rings. The number of hydrogen-bond acceptors (Lipinski definition) is 6. The molecule has 0 aliphatic carbocycles. The van der Waals surface area contributed by atoms with Gasteiger partial charge in [-0.15, -0.1) is 0 Å². The second-order valence-electron chi connectivity index (χ2n) is 7.63. The van der Waals surface area contributed by atoms with Crippen LogP contribution in [-0.2, 0) is 0 Å². The van der Waals surface area contributed by atoms with Crippen LogP contribution in [0.3, 0.4) is 0 Å². The molecule has 0 unspecified atom stereocenters. The summed E-state index contributed by atoms with van der Waals surface area (Å²) in [6, 6.07) is 22.7. The summed E-state index contributed by atoms with van der Waals surface area (Å²) in [4.78, 5) is 17.6. The molecule has 5 rings (SSSR count). The first-order valence-electron chi connectivity index (χ1n) is 10.6. The van der Waals surface area contributed by atoms with Crippen molar-refractivity contribution in [1.29, 1.82) is 0 Å². The molecule has 0 atom stereocenters. The highest BCUT2D eigenvalue weighted by molar-refractivity contribution is 6.05. The Kier molecular flexibility index (Phi) is 5.51. The number of oxazole rings is 1. The minimum absolute atomic E-state index is 0.322. The quantitative estimate of drug-likeness (QED) is 0.343. The topological polar surface area (TPSA) is 82.8 Å². The highest BCUT2D eigenvalue weighted by atomic mass is 16.5. The van der Waals surface area contributed by atoms with Crippen molar-refractivity contribution in [3.63, 3.8) is 0 Å². The third kappa shape index (κ3) is 3.88. The largest absolute Gasteiger partial charge is 0.493 e. The van der Waals surface area contributed by atoms with Gasteiger partial charge in [0.2, 0.25) is 11.6 Å². The van der Waals surface area contributed by atoms with Gasteiger partial charge in [-0.25, -0.2) is 4.98 Å². The van der Waals surface area contributed by atoms with Crippen molar-refractivity contribution < 1.29 is 23.4 Å². The van der Waals surface area contributed by atoms with E-state index < -0.39 is 0 Å². The Balaban J connectivity index is 1.43. The van der Waals surface area contributed by atoms with Crippen LogP contribution in [0.2, 0.25) is 0 Å². The lowest BCUT2D eigenvalue weighted by Gasteiger charge is -2.14. The van der Waals surface area contributed by atoms with Gasteiger partial charge < -0.3 is 23.9 Å². The Bertz CT molecular complexity index is 1500. The van der Waals surface area contributed by atoms with Crippen LogP contribution in [-0.4, -0.2) is 32.2 Å². The molecule has 0 bridgehead atoms. The van der Waals surface area contributed by atoms with E-state index in [-0.39, 0.29) is 5.91 Å². The molecular weight excluding hydrogens is 432 g/mol. The number of nitrogens with one attached hydrogen (secondary N) is 1. The summed E-state index contributed by atoms with van der Waals surface area (Å²) < 4.78 is 22.0. The second kappa shape index (κ2) is 8.78. The molecule has 0 fully saturated rings. The molecule has 0 saturated carbocycles. The van der Waals surface area contributed by atoms with Gasteiger partial charge in [0.1, 0.15) is 5.52 Å². The summed E-state index contributed by atoms with van der Waals surface area (Å²) in [6.45, 7) is 0. The molecule has 1 N–H and O–H groups in total. The second-order valence-corrected chi connectivity index (χ2v) is 7.63. The summed E-state index contributed by atoms with van der Waals surface area (Å²) in [7, 11) is 4.52. The van der Waals surface area contributed by atoms with E-state index in [1.165, 1.54) is 21.3 Å². The van der Waals surface area contributed by atoms with E-state index in [0.29, 0.717) is 45.5 Å². The molecule has 34 heavy (non-hydrogen) atoms. The Morgan fingerprint density at radius 2 is 1.56 bits per heavy atom. The SMILES string of the molecule is COc1cc(C(=O)Nc2ccc3oc(-c4ccc5ccccc5c4)nc3c2)cc(OC)c1OC. The molecule has 170 valence electrons. The molecule has 4 aromatic carbocycles. The Morgan fingerprint density at radius 3 is 2.26 bits per heavy atom. The predicted octanol–water partition coefficient (Wildman–Crippen LogP) is 5.93. The zero-order valence-corrected chi connectivity index (χ0v) is 18.9. The molecule has 7 heteroatoms. The minimum Gasteiger partial charge on any atom is -0.493 e. The number of nitrogens with zero attached hydrogens (tertiary/aromatic N) is 1. The molecule has 1 amide bonds. The van der Waals surface area contributed by atoms with Crippen molar-refractivity contribution in [1.82, 2.24) is 4.98 Å². The highest BCUT2D eigenvalue weighted by Gasteiger charge is 2.18. The van der Waals surface area contributed by atoms with Gasteiger partial charge in [0.15, 0.2) is 17.1 Å². The molecule has 0 aliphatic rings. The van der Waals surface area contributed by atoms with Crippen LogP contribution in [0.15, 0.2) is 77.2 Å². The van der Waals surface area contributed by atoms with Gasteiger partial charge >= 0.3 is 0 Å². The highest BCUT2D eigenvalue weighted by Crippen LogP contribution is 2.38. The van der Waals surface area contributed by atoms with E-state index in [1.54, 1.807) is 30.3 Å². The van der Waals surface area contributed by atoms with Crippen LogP contribution < -0.4 is 19.5 Å². The summed E-state index contributed by atoms with van der Waals surface area (Å²) in [5.74, 6) is 1.43. The number of benzene rings is 4. The van der Waals surface area contributed by atoms with Crippen LogP contribution in [0, 0.1) is 0 Å². The van der Waals surface area contributed by atoms with Gasteiger partial charge in [0.05, 0.1) is 21.3 Å². The van der Waals surface area contributed by atoms with Crippen molar-refractivity contribution in [2.45, 2.75) is 0 Å². The fourth-order valence-electron chi connectivity index (χ4n) is 3.87. The van der Waals surface area contributed by atoms with Crippen LogP contribution in [0.25, 0.3) is 33.3 Å². The van der Waals surface area contributed by atoms with Crippen molar-refractivity contribution in [3.8, 4) is 28.7 Å². The van der Waals surface area contributed by atoms with Crippen molar-refractivity contribution >= 4 is 33.5 Å². The van der Waals surface area contributed by atoms with Gasteiger partial charge in [-0.05, 0) is 53.2 Å². The van der Waals surface area contributed by atoms with Crippen molar-refractivity contribution in [3.05, 3.63) is 78.4 Å². The number of ether oxygens (including phenoxy) is 3. The fourth-order valence-corrected chi connectivity index (χ4v) is 3.87. The maximum atomic E-state index is 12.9. The first-order valence-corrected chi connectivity index (χ1v) is 10.6. The van der Waals surface area contributed by atoms with E-state index in [1.807, 2.05) is 30.3 Å². The van der Waals surface area contributed by atoms with Crippen LogP contribution in [0.1, 0.15) is 10.4 Å². The van der Waals surface area contributed by atoms with Crippen molar-refractivity contribution in [2.24, 2.45) is 0 Å².